The number of hydrazone groups is 1. The molecule has 0 aromatic heterocycles. The summed E-state index contributed by atoms with van der Waals surface area (Å²) in [5, 5.41) is 9.59. The van der Waals surface area contributed by atoms with Crippen molar-refractivity contribution in [2.45, 2.75) is 44.9 Å². The summed E-state index contributed by atoms with van der Waals surface area (Å²) >= 11 is 1.30. The number of aryl methyl sites for hydroxylation is 3. The lowest BCUT2D eigenvalue weighted by Gasteiger charge is -2.23. The third-order valence-electron chi connectivity index (χ3n) is 6.88. The minimum absolute atomic E-state index is 0.0407. The van der Waals surface area contributed by atoms with Crippen LogP contribution in [0.5, 0.6) is 5.75 Å². The predicted octanol–water partition coefficient (Wildman–Crippen LogP) is 5.80. The van der Waals surface area contributed by atoms with Crippen LogP contribution in [0.3, 0.4) is 0 Å². The third-order valence-corrected chi connectivity index (χ3v) is 8.02. The average molecular weight is 527 g/mol. The summed E-state index contributed by atoms with van der Waals surface area (Å²) in [4.78, 5) is 30.0. The first-order chi connectivity index (χ1) is 18.3. The van der Waals surface area contributed by atoms with Crippen LogP contribution in [0.4, 0.5) is 5.69 Å². The molecule has 2 amide bonds. The number of hydrogen-bond acceptors (Lipinski definition) is 6. The van der Waals surface area contributed by atoms with E-state index in [1.54, 1.807) is 7.11 Å². The van der Waals surface area contributed by atoms with Gasteiger partial charge in [-0.3, -0.25) is 9.59 Å². The molecule has 0 saturated heterocycles. The fraction of sp³-hybridized carbons (Fsp3) is 0.267. The van der Waals surface area contributed by atoms with Crippen LogP contribution in [0, 0.1) is 20.8 Å². The van der Waals surface area contributed by atoms with Gasteiger partial charge in [-0.15, -0.1) is 0 Å². The number of thioether (sulfide) groups is 1. The first-order valence-corrected chi connectivity index (χ1v) is 13.4. The second kappa shape index (κ2) is 10.8. The highest BCUT2D eigenvalue weighted by atomic mass is 32.2. The summed E-state index contributed by atoms with van der Waals surface area (Å²) in [7, 11) is 1.64. The largest absolute Gasteiger partial charge is 0.497 e. The summed E-state index contributed by atoms with van der Waals surface area (Å²) in [6.07, 6.45) is 0.708. The first-order valence-electron chi connectivity index (χ1n) is 12.5. The van der Waals surface area contributed by atoms with Gasteiger partial charge in [0.05, 0.1) is 18.9 Å². The summed E-state index contributed by atoms with van der Waals surface area (Å²) in [5.74, 6) is 0.246. The molecule has 7 nitrogen and oxygen atoms in total. The standard InChI is InChI=1S/C30H30N4O3S/c1-18-5-8-21(9-6-18)25-16-26(22-10-13-24(37-4)14-11-22)34(33-25)30-32-29(36)27(38-30)17-28(35)31-23-12-7-19(2)20(3)15-23/h5-15,26-27H,16-17H2,1-4H3,(H,31,35)/t26-,27+/m0/s1. The molecule has 2 aliphatic rings. The maximum absolute atomic E-state index is 12.9. The van der Waals surface area contributed by atoms with Gasteiger partial charge in [0.2, 0.25) is 5.91 Å². The Morgan fingerprint density at radius 3 is 2.45 bits per heavy atom. The van der Waals surface area contributed by atoms with Crippen LogP contribution in [0.2, 0.25) is 0 Å². The molecule has 3 aromatic carbocycles. The fourth-order valence-corrected chi connectivity index (χ4v) is 5.56. The first kappa shape index (κ1) is 25.7. The lowest BCUT2D eigenvalue weighted by atomic mass is 9.98. The predicted molar refractivity (Wildman–Crippen MR) is 153 cm³/mol. The molecule has 0 aliphatic carbocycles. The number of benzene rings is 3. The van der Waals surface area contributed by atoms with Gasteiger partial charge < -0.3 is 10.1 Å². The van der Waals surface area contributed by atoms with E-state index in [2.05, 4.69) is 41.5 Å². The molecule has 0 spiro atoms. The Balaban J connectivity index is 1.34. The molecule has 0 saturated carbocycles. The zero-order valence-electron chi connectivity index (χ0n) is 21.9. The Kier molecular flexibility index (Phi) is 7.33. The van der Waals surface area contributed by atoms with Crippen LogP contribution < -0.4 is 10.1 Å². The molecule has 0 fully saturated rings. The van der Waals surface area contributed by atoms with Gasteiger partial charge in [0.25, 0.3) is 5.91 Å². The van der Waals surface area contributed by atoms with E-state index in [9.17, 15) is 9.59 Å². The number of amides is 2. The van der Waals surface area contributed by atoms with Gasteiger partial charge >= 0.3 is 0 Å². The number of rotatable bonds is 6. The quantitative estimate of drug-likeness (QED) is 0.439. The van der Waals surface area contributed by atoms with Crippen LogP contribution >= 0.6 is 11.8 Å². The molecule has 2 atom stereocenters. The molecule has 0 bridgehead atoms. The Hall–Kier alpha value is -3.91. The van der Waals surface area contributed by atoms with Crippen molar-refractivity contribution in [1.82, 2.24) is 5.01 Å². The van der Waals surface area contributed by atoms with Crippen LogP contribution in [0.25, 0.3) is 0 Å². The van der Waals surface area contributed by atoms with E-state index >= 15 is 0 Å². The van der Waals surface area contributed by atoms with Crippen molar-refractivity contribution in [3.05, 3.63) is 94.5 Å². The van der Waals surface area contributed by atoms with E-state index in [1.807, 2.05) is 61.3 Å². The normalized spacial score (nSPS) is 18.8. The lowest BCUT2D eigenvalue weighted by Crippen LogP contribution is -2.25. The van der Waals surface area contributed by atoms with Gasteiger partial charge in [-0.2, -0.15) is 10.1 Å². The van der Waals surface area contributed by atoms with Gasteiger partial charge in [-0.25, -0.2) is 5.01 Å². The van der Waals surface area contributed by atoms with E-state index in [4.69, 9.17) is 9.84 Å². The number of carbonyl (C=O) groups excluding carboxylic acids is 2. The maximum atomic E-state index is 12.9. The molecule has 5 rings (SSSR count). The molecule has 2 aliphatic heterocycles. The number of ether oxygens (including phenoxy) is 1. The molecular weight excluding hydrogens is 496 g/mol. The molecule has 2 heterocycles. The minimum Gasteiger partial charge on any atom is -0.497 e. The summed E-state index contributed by atoms with van der Waals surface area (Å²) in [6.45, 7) is 6.08. The highest BCUT2D eigenvalue weighted by Crippen LogP contribution is 2.39. The van der Waals surface area contributed by atoms with E-state index in [-0.39, 0.29) is 24.3 Å². The molecule has 8 heteroatoms. The smallest absolute Gasteiger partial charge is 0.262 e. The Bertz CT molecular complexity index is 1430. The number of methoxy groups -OCH3 is 1. The zero-order valence-corrected chi connectivity index (χ0v) is 22.7. The third kappa shape index (κ3) is 5.50. The topological polar surface area (TPSA) is 83.4 Å². The van der Waals surface area contributed by atoms with Crippen molar-refractivity contribution in [1.29, 1.82) is 0 Å². The van der Waals surface area contributed by atoms with Crippen molar-refractivity contribution in [3.8, 4) is 5.75 Å². The van der Waals surface area contributed by atoms with Crippen molar-refractivity contribution in [2.75, 3.05) is 12.4 Å². The fourth-order valence-electron chi connectivity index (χ4n) is 4.50. The van der Waals surface area contributed by atoms with Crippen molar-refractivity contribution >= 4 is 40.1 Å². The van der Waals surface area contributed by atoms with Crippen LogP contribution in [-0.2, 0) is 9.59 Å². The lowest BCUT2D eigenvalue weighted by molar-refractivity contribution is -0.121. The van der Waals surface area contributed by atoms with Gasteiger partial charge in [0, 0.05) is 18.5 Å². The highest BCUT2D eigenvalue weighted by molar-refractivity contribution is 8.15. The number of nitrogens with zero attached hydrogens (tertiary/aromatic N) is 3. The summed E-state index contributed by atoms with van der Waals surface area (Å²) in [5.41, 5.74) is 7.17. The number of hydrogen-bond donors (Lipinski definition) is 1. The molecule has 0 radical (unpaired) electrons. The Labute approximate surface area is 227 Å². The number of amidine groups is 1. The minimum atomic E-state index is -0.591. The monoisotopic (exact) mass is 526 g/mol. The molecular formula is C30H30N4O3S. The summed E-state index contributed by atoms with van der Waals surface area (Å²) in [6, 6.07) is 21.8. The number of aliphatic imine (C=N–C) groups is 1. The molecule has 38 heavy (non-hydrogen) atoms. The average Bonchev–Trinajstić information content (AvgIpc) is 3.50. The van der Waals surface area contributed by atoms with Crippen LogP contribution in [0.15, 0.2) is 76.8 Å². The van der Waals surface area contributed by atoms with E-state index in [0.29, 0.717) is 11.6 Å². The van der Waals surface area contributed by atoms with Gasteiger partial charge in [0.1, 0.15) is 11.0 Å². The Morgan fingerprint density at radius 2 is 1.76 bits per heavy atom. The molecule has 3 aromatic rings. The van der Waals surface area contributed by atoms with E-state index < -0.39 is 5.25 Å². The van der Waals surface area contributed by atoms with E-state index in [1.165, 1.54) is 17.3 Å². The van der Waals surface area contributed by atoms with Crippen molar-refractivity contribution in [3.63, 3.8) is 0 Å². The van der Waals surface area contributed by atoms with Gasteiger partial charge in [-0.1, -0.05) is 59.8 Å². The number of nitrogens with one attached hydrogen (secondary N) is 1. The highest BCUT2D eigenvalue weighted by Gasteiger charge is 2.39. The number of anilines is 1. The van der Waals surface area contributed by atoms with Crippen LogP contribution in [-0.4, -0.2) is 40.1 Å². The zero-order chi connectivity index (χ0) is 26.8. The van der Waals surface area contributed by atoms with Gasteiger partial charge in [0.15, 0.2) is 5.17 Å². The van der Waals surface area contributed by atoms with Crippen molar-refractivity contribution < 1.29 is 14.3 Å². The maximum Gasteiger partial charge on any atom is 0.262 e. The number of carbonyl (C=O) groups is 2. The molecule has 1 N–H and O–H groups in total. The molecule has 194 valence electrons. The van der Waals surface area contributed by atoms with Crippen molar-refractivity contribution in [2.24, 2.45) is 10.1 Å². The second-order valence-electron chi connectivity index (χ2n) is 9.64. The molecule has 0 unspecified atom stereocenters. The van der Waals surface area contributed by atoms with Crippen LogP contribution in [0.1, 0.15) is 46.7 Å². The second-order valence-corrected chi connectivity index (χ2v) is 10.8. The summed E-state index contributed by atoms with van der Waals surface area (Å²) < 4.78 is 5.33. The SMILES string of the molecule is COc1ccc([C@@H]2CC(c3ccc(C)cc3)=NN2C2=NC(=O)[C@@H](CC(=O)Nc3ccc(C)c(C)c3)S2)cc1. The van der Waals surface area contributed by atoms with Gasteiger partial charge in [-0.05, 0) is 67.3 Å². The van der Waals surface area contributed by atoms with E-state index in [0.717, 1.165) is 39.4 Å². The Morgan fingerprint density at radius 1 is 1.03 bits per heavy atom.